The Bertz CT molecular complexity index is 827. The van der Waals surface area contributed by atoms with Crippen LogP contribution in [-0.2, 0) is 19.1 Å². The Morgan fingerprint density at radius 2 is 2.03 bits per heavy atom. The zero-order valence-corrected chi connectivity index (χ0v) is 19.9. The molecule has 7 nitrogen and oxygen atoms in total. The molecular formula is C24H34N2O5S. The number of nitrogens with zero attached hydrogens (tertiary/aromatic N) is 2. The summed E-state index contributed by atoms with van der Waals surface area (Å²) >= 11 is 1.55. The topological polar surface area (TPSA) is 87.2 Å². The summed E-state index contributed by atoms with van der Waals surface area (Å²) in [4.78, 5) is 44.4. The summed E-state index contributed by atoms with van der Waals surface area (Å²) in [6.07, 6.45) is 10.5. The molecule has 0 saturated carbocycles. The van der Waals surface area contributed by atoms with E-state index in [1.807, 2.05) is 43.1 Å². The van der Waals surface area contributed by atoms with E-state index in [-0.39, 0.29) is 35.6 Å². The number of amides is 2. The van der Waals surface area contributed by atoms with Gasteiger partial charge in [0.15, 0.2) is 0 Å². The molecule has 6 atom stereocenters. The average Bonchev–Trinajstić information content (AvgIpc) is 3.12. The van der Waals surface area contributed by atoms with Crippen LogP contribution in [0.5, 0.6) is 0 Å². The van der Waals surface area contributed by atoms with Gasteiger partial charge < -0.3 is 19.6 Å². The molecule has 2 amide bonds. The van der Waals surface area contributed by atoms with Crippen LogP contribution in [0, 0.1) is 17.8 Å². The highest BCUT2D eigenvalue weighted by atomic mass is 32.2. The van der Waals surface area contributed by atoms with Crippen LogP contribution in [0.1, 0.15) is 40.0 Å². The number of ether oxygens (including phenoxy) is 1. The van der Waals surface area contributed by atoms with Gasteiger partial charge in [-0.1, -0.05) is 51.5 Å². The molecule has 1 N–H and O–H groups in total. The standard InChI is InChI=1S/C24H34N2O5S/c1-4-5-11-25-12-8-10-24-19(18-17(32-24)9-6-7-13-31-23(18)30)21(28)26(20(24)22(25)29)16(14-27)15(2)3/h6,8-10,15-20,27H,4-5,7,11-14H2,1-3H3/t16-,17-,18+,19-,20?,24-/m0/s1. The van der Waals surface area contributed by atoms with Crippen LogP contribution in [0.4, 0.5) is 0 Å². The fourth-order valence-corrected chi connectivity index (χ4v) is 7.61. The van der Waals surface area contributed by atoms with Crippen LogP contribution in [0.15, 0.2) is 24.3 Å². The molecule has 4 aliphatic rings. The van der Waals surface area contributed by atoms with Gasteiger partial charge in [0.25, 0.3) is 0 Å². The molecule has 1 unspecified atom stereocenters. The van der Waals surface area contributed by atoms with E-state index in [0.29, 0.717) is 26.1 Å². The second kappa shape index (κ2) is 9.21. The van der Waals surface area contributed by atoms with Gasteiger partial charge in [0.2, 0.25) is 11.8 Å². The normalized spacial score (nSPS) is 35.2. The number of esters is 1. The summed E-state index contributed by atoms with van der Waals surface area (Å²) in [5.74, 6) is -2.02. The number of thioether (sulfide) groups is 1. The van der Waals surface area contributed by atoms with E-state index >= 15 is 0 Å². The minimum atomic E-state index is -0.847. The molecule has 0 aromatic carbocycles. The molecule has 0 bridgehead atoms. The van der Waals surface area contributed by atoms with Gasteiger partial charge in [-0.15, -0.1) is 11.8 Å². The van der Waals surface area contributed by atoms with Gasteiger partial charge in [0.1, 0.15) is 6.04 Å². The third-order valence-corrected chi connectivity index (χ3v) is 8.98. The lowest BCUT2D eigenvalue weighted by atomic mass is 9.78. The van der Waals surface area contributed by atoms with Crippen molar-refractivity contribution in [2.45, 2.75) is 62.1 Å². The van der Waals surface area contributed by atoms with E-state index in [1.165, 1.54) is 0 Å². The predicted octanol–water partition coefficient (Wildman–Crippen LogP) is 2.00. The minimum Gasteiger partial charge on any atom is -0.465 e. The van der Waals surface area contributed by atoms with Gasteiger partial charge >= 0.3 is 5.97 Å². The van der Waals surface area contributed by atoms with E-state index in [4.69, 9.17) is 4.74 Å². The van der Waals surface area contributed by atoms with Crippen LogP contribution in [0.3, 0.4) is 0 Å². The highest BCUT2D eigenvalue weighted by molar-refractivity contribution is 8.02. The van der Waals surface area contributed by atoms with Crippen molar-refractivity contribution >= 4 is 29.5 Å². The molecule has 0 aliphatic carbocycles. The number of likely N-dealkylation sites (tertiary alicyclic amines) is 1. The Morgan fingerprint density at radius 1 is 1.25 bits per heavy atom. The number of hydrogen-bond donors (Lipinski definition) is 1. The molecule has 1 spiro atoms. The Labute approximate surface area is 194 Å². The molecular weight excluding hydrogens is 428 g/mol. The average molecular weight is 463 g/mol. The molecule has 32 heavy (non-hydrogen) atoms. The summed E-state index contributed by atoms with van der Waals surface area (Å²) in [7, 11) is 0. The van der Waals surface area contributed by atoms with Crippen molar-refractivity contribution in [3.63, 3.8) is 0 Å². The first kappa shape index (κ1) is 23.4. The molecule has 0 aromatic rings. The van der Waals surface area contributed by atoms with Crippen molar-refractivity contribution < 1.29 is 24.2 Å². The number of cyclic esters (lactones) is 1. The smallest absolute Gasteiger partial charge is 0.311 e. The largest absolute Gasteiger partial charge is 0.465 e. The lowest BCUT2D eigenvalue weighted by Gasteiger charge is -2.39. The minimum absolute atomic E-state index is 0.0334. The highest BCUT2D eigenvalue weighted by Crippen LogP contribution is 2.61. The maximum Gasteiger partial charge on any atom is 0.311 e. The molecule has 2 saturated heterocycles. The van der Waals surface area contributed by atoms with Crippen LogP contribution >= 0.6 is 11.8 Å². The molecule has 4 aliphatic heterocycles. The maximum atomic E-state index is 14.0. The molecule has 8 heteroatoms. The lowest BCUT2D eigenvalue weighted by Crippen LogP contribution is -2.57. The molecule has 2 fully saturated rings. The van der Waals surface area contributed by atoms with Crippen molar-refractivity contribution in [3.05, 3.63) is 24.3 Å². The second-order valence-electron chi connectivity index (χ2n) is 9.51. The first-order valence-corrected chi connectivity index (χ1v) is 12.7. The lowest BCUT2D eigenvalue weighted by molar-refractivity contribution is -0.154. The summed E-state index contributed by atoms with van der Waals surface area (Å²) in [6, 6.07) is -1.23. The molecule has 4 heterocycles. The van der Waals surface area contributed by atoms with Gasteiger partial charge in [-0.05, 0) is 18.8 Å². The summed E-state index contributed by atoms with van der Waals surface area (Å²) in [5, 5.41) is 9.99. The van der Waals surface area contributed by atoms with Crippen LogP contribution in [0.2, 0.25) is 0 Å². The molecule has 4 rings (SSSR count). The van der Waals surface area contributed by atoms with Crippen molar-refractivity contribution in [3.8, 4) is 0 Å². The first-order valence-electron chi connectivity index (χ1n) is 11.8. The number of hydrogen-bond acceptors (Lipinski definition) is 6. The Balaban J connectivity index is 1.84. The number of rotatable bonds is 6. The van der Waals surface area contributed by atoms with Crippen LogP contribution in [0.25, 0.3) is 0 Å². The fourth-order valence-electron chi connectivity index (χ4n) is 5.62. The summed E-state index contributed by atoms with van der Waals surface area (Å²) in [6.45, 7) is 7.18. The second-order valence-corrected chi connectivity index (χ2v) is 11.0. The number of fused-ring (bicyclic) bond motifs is 2. The number of carbonyl (C=O) groups excluding carboxylic acids is 3. The van der Waals surface area contributed by atoms with E-state index in [9.17, 15) is 19.5 Å². The molecule has 0 radical (unpaired) electrons. The number of aliphatic hydroxyl groups excluding tert-OH is 1. The van der Waals surface area contributed by atoms with Gasteiger partial charge in [-0.25, -0.2) is 0 Å². The number of unbranched alkanes of at least 4 members (excludes halogenated alkanes) is 1. The van der Waals surface area contributed by atoms with Gasteiger partial charge in [0.05, 0.1) is 35.8 Å². The summed E-state index contributed by atoms with van der Waals surface area (Å²) < 4.78 is 4.64. The van der Waals surface area contributed by atoms with E-state index in [0.717, 1.165) is 12.8 Å². The van der Waals surface area contributed by atoms with Crippen molar-refractivity contribution in [2.75, 3.05) is 26.3 Å². The van der Waals surface area contributed by atoms with E-state index < -0.39 is 28.7 Å². The highest BCUT2D eigenvalue weighted by Gasteiger charge is 2.71. The Morgan fingerprint density at radius 3 is 2.72 bits per heavy atom. The predicted molar refractivity (Wildman–Crippen MR) is 123 cm³/mol. The third kappa shape index (κ3) is 3.59. The van der Waals surface area contributed by atoms with Gasteiger partial charge in [0, 0.05) is 18.3 Å². The zero-order chi connectivity index (χ0) is 23.0. The Hall–Kier alpha value is -1.80. The number of aliphatic hydroxyl groups is 1. The van der Waals surface area contributed by atoms with Gasteiger partial charge in [-0.2, -0.15) is 0 Å². The zero-order valence-electron chi connectivity index (χ0n) is 19.1. The number of carbonyl (C=O) groups is 3. The van der Waals surface area contributed by atoms with E-state index in [1.54, 1.807) is 16.7 Å². The van der Waals surface area contributed by atoms with Crippen LogP contribution < -0.4 is 0 Å². The fraction of sp³-hybridized carbons (Fsp3) is 0.708. The van der Waals surface area contributed by atoms with Crippen LogP contribution in [-0.4, -0.2) is 81.1 Å². The first-order chi connectivity index (χ1) is 15.4. The monoisotopic (exact) mass is 462 g/mol. The van der Waals surface area contributed by atoms with Crippen molar-refractivity contribution in [1.29, 1.82) is 0 Å². The van der Waals surface area contributed by atoms with Crippen molar-refractivity contribution in [2.24, 2.45) is 17.8 Å². The maximum absolute atomic E-state index is 14.0. The Kier molecular flexibility index (Phi) is 6.73. The van der Waals surface area contributed by atoms with E-state index in [2.05, 4.69) is 6.92 Å². The summed E-state index contributed by atoms with van der Waals surface area (Å²) in [5.41, 5.74) is 0. The quantitative estimate of drug-likeness (QED) is 0.480. The molecule has 0 aromatic heterocycles. The van der Waals surface area contributed by atoms with Crippen molar-refractivity contribution in [1.82, 2.24) is 9.80 Å². The van der Waals surface area contributed by atoms with Gasteiger partial charge in [-0.3, -0.25) is 14.4 Å². The third-order valence-electron chi connectivity index (χ3n) is 7.24. The molecule has 176 valence electrons. The SMILES string of the molecule is CCCCN1CC=C[C@]23S[C@H]4C=CCCOC(=O)[C@H]4[C@H]2C(=O)N([C@@H](CO)C(C)C)C3C1=O.